The molecule has 0 radical (unpaired) electrons. The van der Waals surface area contributed by atoms with Crippen LogP contribution in [-0.4, -0.2) is 56.0 Å². The average Bonchev–Trinajstić information content (AvgIpc) is 3.08. The van der Waals surface area contributed by atoms with Gasteiger partial charge < -0.3 is 19.1 Å². The highest BCUT2D eigenvalue weighted by atomic mass is 16.6. The molecule has 2 fully saturated rings. The Morgan fingerprint density at radius 3 is 2.68 bits per heavy atom. The summed E-state index contributed by atoms with van der Waals surface area (Å²) in [6.45, 7) is 3.38. The molecule has 0 N–H and O–H groups in total. The van der Waals surface area contributed by atoms with Crippen LogP contribution in [0.2, 0.25) is 0 Å². The molecular formula is C17H23NO4. The van der Waals surface area contributed by atoms with Crippen molar-refractivity contribution in [2.24, 2.45) is 0 Å². The number of carbonyl (C=O) groups is 1. The van der Waals surface area contributed by atoms with Gasteiger partial charge in [-0.15, -0.1) is 0 Å². The van der Waals surface area contributed by atoms with Crippen LogP contribution in [-0.2, 0) is 25.5 Å². The molecule has 0 aromatic heterocycles. The third-order valence-corrected chi connectivity index (χ3v) is 4.07. The fourth-order valence-corrected chi connectivity index (χ4v) is 2.90. The molecule has 2 saturated heterocycles. The lowest BCUT2D eigenvalue weighted by molar-refractivity contribution is -0.160. The van der Waals surface area contributed by atoms with Crippen LogP contribution in [0.5, 0.6) is 0 Å². The first-order chi connectivity index (χ1) is 10.8. The standard InChI is InChI=1S/C17H23NO4/c19-17(16-13-20-9-10-22-16)18(12-15-7-4-8-21-15)11-14-5-2-1-3-6-14/h1-3,5-6,15-16H,4,7-13H2/t15-,16+/m1/s1. The van der Waals surface area contributed by atoms with Crippen LogP contribution < -0.4 is 0 Å². The molecule has 0 bridgehead atoms. The minimum atomic E-state index is -0.487. The van der Waals surface area contributed by atoms with Gasteiger partial charge in [0.2, 0.25) is 0 Å². The lowest BCUT2D eigenvalue weighted by Crippen LogP contribution is -2.47. The summed E-state index contributed by atoms with van der Waals surface area (Å²) < 4.78 is 16.6. The van der Waals surface area contributed by atoms with Crippen molar-refractivity contribution in [2.45, 2.75) is 31.6 Å². The average molecular weight is 305 g/mol. The molecule has 0 spiro atoms. The van der Waals surface area contributed by atoms with E-state index in [1.54, 1.807) is 0 Å². The van der Waals surface area contributed by atoms with E-state index in [0.29, 0.717) is 32.9 Å². The van der Waals surface area contributed by atoms with Crippen molar-refractivity contribution in [1.29, 1.82) is 0 Å². The fraction of sp³-hybridized carbons (Fsp3) is 0.588. The Kier molecular flexibility index (Phi) is 5.43. The topological polar surface area (TPSA) is 48.0 Å². The van der Waals surface area contributed by atoms with Gasteiger partial charge in [-0.3, -0.25) is 4.79 Å². The van der Waals surface area contributed by atoms with Crippen LogP contribution >= 0.6 is 0 Å². The first-order valence-electron chi connectivity index (χ1n) is 7.96. The summed E-state index contributed by atoms with van der Waals surface area (Å²) in [7, 11) is 0. The number of ether oxygens (including phenoxy) is 3. The second kappa shape index (κ2) is 7.72. The first-order valence-corrected chi connectivity index (χ1v) is 7.96. The van der Waals surface area contributed by atoms with Gasteiger partial charge in [-0.25, -0.2) is 0 Å². The van der Waals surface area contributed by atoms with Crippen LogP contribution in [0, 0.1) is 0 Å². The van der Waals surface area contributed by atoms with Crippen LogP contribution in [0.25, 0.3) is 0 Å². The van der Waals surface area contributed by atoms with E-state index in [1.807, 2.05) is 35.2 Å². The maximum atomic E-state index is 12.8. The summed E-state index contributed by atoms with van der Waals surface area (Å²) in [5, 5.41) is 0. The van der Waals surface area contributed by atoms with E-state index in [-0.39, 0.29) is 12.0 Å². The number of carbonyl (C=O) groups excluding carboxylic acids is 1. The Bertz CT molecular complexity index is 467. The largest absolute Gasteiger partial charge is 0.376 e. The number of benzene rings is 1. The van der Waals surface area contributed by atoms with Crippen molar-refractivity contribution in [1.82, 2.24) is 4.90 Å². The Morgan fingerprint density at radius 1 is 1.14 bits per heavy atom. The SMILES string of the molecule is O=C([C@@H]1COCCO1)N(Cc1ccccc1)C[C@H]1CCCO1. The van der Waals surface area contributed by atoms with Crippen LogP contribution in [0.3, 0.4) is 0 Å². The zero-order chi connectivity index (χ0) is 15.2. The lowest BCUT2D eigenvalue weighted by Gasteiger charge is -2.31. The van der Waals surface area contributed by atoms with Gasteiger partial charge in [-0.2, -0.15) is 0 Å². The molecule has 2 aliphatic rings. The second-order valence-electron chi connectivity index (χ2n) is 5.77. The third kappa shape index (κ3) is 4.06. The van der Waals surface area contributed by atoms with E-state index < -0.39 is 6.10 Å². The smallest absolute Gasteiger partial charge is 0.254 e. The molecule has 22 heavy (non-hydrogen) atoms. The van der Waals surface area contributed by atoms with Crippen LogP contribution in [0.4, 0.5) is 0 Å². The van der Waals surface area contributed by atoms with E-state index in [9.17, 15) is 4.79 Å². The van der Waals surface area contributed by atoms with Gasteiger partial charge in [0, 0.05) is 19.7 Å². The molecule has 1 aromatic carbocycles. The highest BCUT2D eigenvalue weighted by molar-refractivity contribution is 5.81. The van der Waals surface area contributed by atoms with Gasteiger partial charge in [0.15, 0.2) is 6.10 Å². The molecule has 2 heterocycles. The zero-order valence-corrected chi connectivity index (χ0v) is 12.8. The minimum Gasteiger partial charge on any atom is -0.376 e. The van der Waals surface area contributed by atoms with Gasteiger partial charge in [-0.05, 0) is 18.4 Å². The summed E-state index contributed by atoms with van der Waals surface area (Å²) in [6.07, 6.45) is 1.73. The van der Waals surface area contributed by atoms with Crippen LogP contribution in [0.1, 0.15) is 18.4 Å². The fourth-order valence-electron chi connectivity index (χ4n) is 2.90. The Morgan fingerprint density at radius 2 is 2.00 bits per heavy atom. The molecule has 0 unspecified atom stereocenters. The summed E-state index contributed by atoms with van der Waals surface area (Å²) >= 11 is 0. The van der Waals surface area contributed by atoms with Crippen LogP contribution in [0.15, 0.2) is 30.3 Å². The molecule has 1 aromatic rings. The molecule has 5 heteroatoms. The first kappa shape index (κ1) is 15.5. The van der Waals surface area contributed by atoms with Crippen molar-refractivity contribution in [3.63, 3.8) is 0 Å². The molecule has 1 amide bonds. The quantitative estimate of drug-likeness (QED) is 0.829. The van der Waals surface area contributed by atoms with E-state index in [2.05, 4.69) is 0 Å². The van der Waals surface area contributed by atoms with Gasteiger partial charge in [0.25, 0.3) is 5.91 Å². The molecule has 0 aliphatic carbocycles. The number of hydrogen-bond donors (Lipinski definition) is 0. The van der Waals surface area contributed by atoms with E-state index in [4.69, 9.17) is 14.2 Å². The van der Waals surface area contributed by atoms with Crippen molar-refractivity contribution >= 4 is 5.91 Å². The number of rotatable bonds is 5. The summed E-state index contributed by atoms with van der Waals surface area (Å²) in [5.41, 5.74) is 1.12. The molecular weight excluding hydrogens is 282 g/mol. The van der Waals surface area contributed by atoms with E-state index in [1.165, 1.54) is 0 Å². The lowest BCUT2D eigenvalue weighted by atomic mass is 10.1. The molecule has 0 saturated carbocycles. The summed E-state index contributed by atoms with van der Waals surface area (Å²) in [6, 6.07) is 10.0. The van der Waals surface area contributed by atoms with Gasteiger partial charge >= 0.3 is 0 Å². The molecule has 120 valence electrons. The monoisotopic (exact) mass is 305 g/mol. The maximum Gasteiger partial charge on any atom is 0.254 e. The predicted octanol–water partition coefficient (Wildman–Crippen LogP) is 1.61. The summed E-state index contributed by atoms with van der Waals surface area (Å²) in [4.78, 5) is 14.6. The minimum absolute atomic E-state index is 0.000877. The Hall–Kier alpha value is -1.43. The van der Waals surface area contributed by atoms with Crippen molar-refractivity contribution < 1.29 is 19.0 Å². The van der Waals surface area contributed by atoms with Gasteiger partial charge in [0.05, 0.1) is 25.9 Å². The van der Waals surface area contributed by atoms with Gasteiger partial charge in [-0.1, -0.05) is 30.3 Å². The van der Waals surface area contributed by atoms with Crippen molar-refractivity contribution in [3.8, 4) is 0 Å². The zero-order valence-electron chi connectivity index (χ0n) is 12.8. The molecule has 3 rings (SSSR count). The molecule has 5 nitrogen and oxygen atoms in total. The number of hydrogen-bond acceptors (Lipinski definition) is 4. The highest BCUT2D eigenvalue weighted by Gasteiger charge is 2.30. The third-order valence-electron chi connectivity index (χ3n) is 4.07. The normalized spacial score (nSPS) is 25.1. The highest BCUT2D eigenvalue weighted by Crippen LogP contribution is 2.17. The number of amides is 1. The predicted molar refractivity (Wildman–Crippen MR) is 81.4 cm³/mol. The number of nitrogens with zero attached hydrogens (tertiary/aromatic N) is 1. The van der Waals surface area contributed by atoms with E-state index >= 15 is 0 Å². The molecule has 2 atom stereocenters. The van der Waals surface area contributed by atoms with Crippen molar-refractivity contribution in [2.75, 3.05) is 33.0 Å². The van der Waals surface area contributed by atoms with Crippen molar-refractivity contribution in [3.05, 3.63) is 35.9 Å². The Labute approximate surface area is 131 Å². The Balaban J connectivity index is 1.67. The van der Waals surface area contributed by atoms with Gasteiger partial charge in [0.1, 0.15) is 0 Å². The second-order valence-corrected chi connectivity index (χ2v) is 5.77. The molecule has 2 aliphatic heterocycles. The summed E-state index contributed by atoms with van der Waals surface area (Å²) in [5.74, 6) is -0.000877. The van der Waals surface area contributed by atoms with E-state index in [0.717, 1.165) is 25.0 Å². The maximum absolute atomic E-state index is 12.8.